The number of aryl methyl sites for hydroxylation is 1. The van der Waals surface area contributed by atoms with Crippen LogP contribution in [-0.2, 0) is 4.79 Å². The van der Waals surface area contributed by atoms with E-state index >= 15 is 0 Å². The third kappa shape index (κ3) is 4.56. The van der Waals surface area contributed by atoms with Gasteiger partial charge in [0.25, 0.3) is 5.91 Å². The van der Waals surface area contributed by atoms with E-state index < -0.39 is 6.10 Å². The van der Waals surface area contributed by atoms with Gasteiger partial charge in [-0.15, -0.1) is 0 Å². The first-order chi connectivity index (χ1) is 8.95. The molecule has 1 rings (SSSR count). The maximum atomic E-state index is 11.8. The maximum Gasteiger partial charge on any atom is 0.260 e. The van der Waals surface area contributed by atoms with Crippen molar-refractivity contribution in [1.29, 1.82) is 0 Å². The molecule has 0 aliphatic heterocycles. The molecule has 1 amide bonds. The highest BCUT2D eigenvalue weighted by Gasteiger charge is 2.17. The normalized spacial score (nSPS) is 13.7. The molecule has 3 N–H and O–H groups in total. The standard InChI is InChI=1S/C15H24N2O2/c1-5-8-17-15(18)12(4)19-14-7-6-10(2)9-13(14)11(3)16/h6-7,9,11-12H,5,8,16H2,1-4H3,(H,17,18). The van der Waals surface area contributed by atoms with Gasteiger partial charge in [0.2, 0.25) is 0 Å². The van der Waals surface area contributed by atoms with Crippen LogP contribution in [0.4, 0.5) is 0 Å². The van der Waals surface area contributed by atoms with Gasteiger partial charge in [-0.2, -0.15) is 0 Å². The molecule has 4 nitrogen and oxygen atoms in total. The highest BCUT2D eigenvalue weighted by atomic mass is 16.5. The fourth-order valence-electron chi connectivity index (χ4n) is 1.77. The molecule has 0 saturated heterocycles. The van der Waals surface area contributed by atoms with Crippen molar-refractivity contribution in [3.05, 3.63) is 29.3 Å². The molecule has 1 aromatic rings. The summed E-state index contributed by atoms with van der Waals surface area (Å²) in [6.45, 7) is 8.34. The van der Waals surface area contributed by atoms with E-state index in [-0.39, 0.29) is 11.9 Å². The van der Waals surface area contributed by atoms with Gasteiger partial charge in [-0.05, 0) is 33.3 Å². The monoisotopic (exact) mass is 264 g/mol. The molecule has 0 fully saturated rings. The molecular formula is C15H24N2O2. The summed E-state index contributed by atoms with van der Waals surface area (Å²) in [5.41, 5.74) is 7.99. The molecule has 0 bridgehead atoms. The summed E-state index contributed by atoms with van der Waals surface area (Å²) in [6.07, 6.45) is 0.389. The van der Waals surface area contributed by atoms with Crippen molar-refractivity contribution in [2.75, 3.05) is 6.54 Å². The molecule has 0 heterocycles. The fourth-order valence-corrected chi connectivity index (χ4v) is 1.77. The van der Waals surface area contributed by atoms with Crippen LogP contribution in [0.15, 0.2) is 18.2 Å². The van der Waals surface area contributed by atoms with Crippen molar-refractivity contribution in [2.45, 2.75) is 46.3 Å². The molecule has 4 heteroatoms. The second-order valence-electron chi connectivity index (χ2n) is 4.88. The Bertz CT molecular complexity index is 430. The Morgan fingerprint density at radius 3 is 2.68 bits per heavy atom. The van der Waals surface area contributed by atoms with E-state index in [4.69, 9.17) is 10.5 Å². The zero-order valence-corrected chi connectivity index (χ0v) is 12.2. The third-order valence-corrected chi connectivity index (χ3v) is 2.88. The van der Waals surface area contributed by atoms with E-state index in [0.29, 0.717) is 12.3 Å². The Morgan fingerprint density at radius 2 is 2.11 bits per heavy atom. The summed E-state index contributed by atoms with van der Waals surface area (Å²) in [7, 11) is 0. The minimum atomic E-state index is -0.522. The highest BCUT2D eigenvalue weighted by molar-refractivity contribution is 5.80. The Morgan fingerprint density at radius 1 is 1.42 bits per heavy atom. The average molecular weight is 264 g/mol. The zero-order valence-electron chi connectivity index (χ0n) is 12.2. The minimum absolute atomic E-state index is 0.0990. The molecule has 106 valence electrons. The Balaban J connectivity index is 2.78. The van der Waals surface area contributed by atoms with Crippen molar-refractivity contribution < 1.29 is 9.53 Å². The highest BCUT2D eigenvalue weighted by Crippen LogP contribution is 2.25. The number of benzene rings is 1. The second kappa shape index (κ2) is 7.14. The van der Waals surface area contributed by atoms with Gasteiger partial charge >= 0.3 is 0 Å². The lowest BCUT2D eigenvalue weighted by molar-refractivity contribution is -0.127. The first-order valence-electron chi connectivity index (χ1n) is 6.76. The number of hydrogen-bond donors (Lipinski definition) is 2. The van der Waals surface area contributed by atoms with Crippen LogP contribution in [0.25, 0.3) is 0 Å². The van der Waals surface area contributed by atoms with Crippen molar-refractivity contribution in [3.8, 4) is 5.75 Å². The summed E-state index contributed by atoms with van der Waals surface area (Å²) < 4.78 is 5.73. The molecule has 2 atom stereocenters. The van der Waals surface area contributed by atoms with Gasteiger partial charge in [-0.1, -0.05) is 24.6 Å². The van der Waals surface area contributed by atoms with Crippen molar-refractivity contribution in [2.24, 2.45) is 5.73 Å². The van der Waals surface area contributed by atoms with Crippen LogP contribution in [0.3, 0.4) is 0 Å². The third-order valence-electron chi connectivity index (χ3n) is 2.88. The lowest BCUT2D eigenvalue weighted by Gasteiger charge is -2.19. The number of rotatable bonds is 6. The van der Waals surface area contributed by atoms with Gasteiger partial charge in [0.1, 0.15) is 5.75 Å². The van der Waals surface area contributed by atoms with Gasteiger partial charge in [0.15, 0.2) is 6.10 Å². The van der Waals surface area contributed by atoms with Gasteiger partial charge in [0, 0.05) is 18.2 Å². The van der Waals surface area contributed by atoms with Crippen LogP contribution >= 0.6 is 0 Å². The summed E-state index contributed by atoms with van der Waals surface area (Å²) in [5, 5.41) is 2.82. The smallest absolute Gasteiger partial charge is 0.260 e. The number of amides is 1. The molecule has 19 heavy (non-hydrogen) atoms. The Kier molecular flexibility index (Phi) is 5.83. The van der Waals surface area contributed by atoms with Gasteiger partial charge < -0.3 is 15.8 Å². The SMILES string of the molecule is CCCNC(=O)C(C)Oc1ccc(C)cc1C(C)N. The number of hydrogen-bond acceptors (Lipinski definition) is 3. The van der Waals surface area contributed by atoms with Crippen LogP contribution in [0.2, 0.25) is 0 Å². The van der Waals surface area contributed by atoms with Crippen LogP contribution in [-0.4, -0.2) is 18.6 Å². The van der Waals surface area contributed by atoms with Crippen molar-refractivity contribution >= 4 is 5.91 Å². The Hall–Kier alpha value is -1.55. The predicted molar refractivity (Wildman–Crippen MR) is 77.2 cm³/mol. The molecule has 0 spiro atoms. The lowest BCUT2D eigenvalue weighted by Crippen LogP contribution is -2.36. The Labute approximate surface area is 115 Å². The van der Waals surface area contributed by atoms with Crippen molar-refractivity contribution in [3.63, 3.8) is 0 Å². The quantitative estimate of drug-likeness (QED) is 0.828. The van der Waals surface area contributed by atoms with Gasteiger partial charge in [-0.3, -0.25) is 4.79 Å². The van der Waals surface area contributed by atoms with E-state index in [1.165, 1.54) is 0 Å². The predicted octanol–water partition coefficient (Wildman–Crippen LogP) is 2.31. The second-order valence-corrected chi connectivity index (χ2v) is 4.88. The van der Waals surface area contributed by atoms with Gasteiger partial charge in [-0.25, -0.2) is 0 Å². The summed E-state index contributed by atoms with van der Waals surface area (Å²) in [4.78, 5) is 11.8. The van der Waals surface area contributed by atoms with Crippen LogP contribution < -0.4 is 15.8 Å². The summed E-state index contributed by atoms with van der Waals surface area (Å²) in [6, 6.07) is 5.70. The molecular weight excluding hydrogens is 240 g/mol. The van der Waals surface area contributed by atoms with Crippen LogP contribution in [0.1, 0.15) is 44.4 Å². The van der Waals surface area contributed by atoms with Crippen molar-refractivity contribution in [1.82, 2.24) is 5.32 Å². The summed E-state index contributed by atoms with van der Waals surface area (Å²) >= 11 is 0. The van der Waals surface area contributed by atoms with E-state index in [1.54, 1.807) is 6.92 Å². The first kappa shape index (κ1) is 15.5. The fraction of sp³-hybridized carbons (Fsp3) is 0.533. The number of carbonyl (C=O) groups is 1. The number of nitrogens with one attached hydrogen (secondary N) is 1. The van der Waals surface area contributed by atoms with E-state index in [9.17, 15) is 4.79 Å². The average Bonchev–Trinajstić information content (AvgIpc) is 2.37. The van der Waals surface area contributed by atoms with E-state index in [0.717, 1.165) is 17.5 Å². The maximum absolute atomic E-state index is 11.8. The molecule has 0 aliphatic rings. The van der Waals surface area contributed by atoms with E-state index in [1.807, 2.05) is 39.0 Å². The zero-order chi connectivity index (χ0) is 14.4. The van der Waals surface area contributed by atoms with Crippen LogP contribution in [0, 0.1) is 6.92 Å². The topological polar surface area (TPSA) is 64.3 Å². The minimum Gasteiger partial charge on any atom is -0.481 e. The molecule has 0 saturated carbocycles. The molecule has 0 aliphatic carbocycles. The van der Waals surface area contributed by atoms with Gasteiger partial charge in [0.05, 0.1) is 0 Å². The largest absolute Gasteiger partial charge is 0.481 e. The number of nitrogens with two attached hydrogens (primary N) is 1. The van der Waals surface area contributed by atoms with E-state index in [2.05, 4.69) is 5.32 Å². The van der Waals surface area contributed by atoms with Crippen LogP contribution in [0.5, 0.6) is 5.75 Å². The number of carbonyl (C=O) groups excluding carboxylic acids is 1. The number of ether oxygens (including phenoxy) is 1. The first-order valence-corrected chi connectivity index (χ1v) is 6.76. The molecule has 2 unspecified atom stereocenters. The molecule has 0 radical (unpaired) electrons. The lowest BCUT2D eigenvalue weighted by atomic mass is 10.1. The summed E-state index contributed by atoms with van der Waals surface area (Å²) in [5.74, 6) is 0.581. The molecule has 1 aromatic carbocycles. The molecule has 0 aromatic heterocycles.